The van der Waals surface area contributed by atoms with Crippen LogP contribution in [0, 0.1) is 0 Å². The Balaban J connectivity index is 2.65. The molecule has 1 rings (SSSR count). The van der Waals surface area contributed by atoms with Gasteiger partial charge in [-0.1, -0.05) is 0 Å². The number of aliphatic imine (C=N–C) groups is 1. The number of guanidine groups is 1. The number of aromatic nitrogens is 2. The predicted octanol–water partition coefficient (Wildman–Crippen LogP) is -4.21. The molecule has 0 aliphatic heterocycles. The van der Waals surface area contributed by atoms with Crippen molar-refractivity contribution < 1.29 is 29.4 Å². The summed E-state index contributed by atoms with van der Waals surface area (Å²) in [6.07, 6.45) is 3.35. The molecule has 1 aromatic rings. The van der Waals surface area contributed by atoms with Crippen molar-refractivity contribution in [3.8, 4) is 0 Å². The molecule has 34 heavy (non-hydrogen) atoms. The van der Waals surface area contributed by atoms with Gasteiger partial charge in [0.05, 0.1) is 19.0 Å². The molecule has 0 bridgehead atoms. The Labute approximate surface area is 200 Å². The quantitative estimate of drug-likeness (QED) is 0.0479. The SMILES string of the molecule is NC(N)=NCCCC(N)C(=O)NC(CO)C(=O)NC(CS)C(=O)NC(Cc1cnc[nH]1)C(=O)O. The number of H-pyrrole nitrogens is 1. The van der Waals surface area contributed by atoms with Gasteiger partial charge in [0.15, 0.2) is 5.96 Å². The summed E-state index contributed by atoms with van der Waals surface area (Å²) in [7, 11) is 0. The number of rotatable bonds is 15. The van der Waals surface area contributed by atoms with E-state index in [0.717, 1.165) is 0 Å². The maximum atomic E-state index is 12.5. The van der Waals surface area contributed by atoms with Crippen molar-refractivity contribution in [2.24, 2.45) is 22.2 Å². The Hall–Kier alpha value is -3.37. The highest BCUT2D eigenvalue weighted by Gasteiger charge is 2.29. The van der Waals surface area contributed by atoms with E-state index >= 15 is 0 Å². The minimum atomic E-state index is -1.40. The number of hydrogen-bond acceptors (Lipinski definition) is 9. The number of carbonyl (C=O) groups excluding carboxylic acids is 3. The average Bonchev–Trinajstić information content (AvgIpc) is 3.30. The molecule has 0 aliphatic rings. The molecular formula is C18H31N9O6S. The molecule has 190 valence electrons. The zero-order valence-electron chi connectivity index (χ0n) is 18.3. The highest BCUT2D eigenvalue weighted by atomic mass is 32.1. The maximum absolute atomic E-state index is 12.5. The summed E-state index contributed by atoms with van der Waals surface area (Å²) < 4.78 is 0. The topological polar surface area (TPSA) is 264 Å². The predicted molar refractivity (Wildman–Crippen MR) is 125 cm³/mol. The smallest absolute Gasteiger partial charge is 0.326 e. The summed E-state index contributed by atoms with van der Waals surface area (Å²) in [6, 6.07) is -4.92. The van der Waals surface area contributed by atoms with Crippen LogP contribution in [0.5, 0.6) is 0 Å². The van der Waals surface area contributed by atoms with Crippen LogP contribution in [-0.4, -0.2) is 92.9 Å². The van der Waals surface area contributed by atoms with Crippen LogP contribution in [0.3, 0.4) is 0 Å². The Morgan fingerprint density at radius 2 is 1.71 bits per heavy atom. The van der Waals surface area contributed by atoms with Crippen LogP contribution >= 0.6 is 12.6 Å². The Bertz CT molecular complexity index is 847. The van der Waals surface area contributed by atoms with Crippen molar-refractivity contribution in [1.82, 2.24) is 25.9 Å². The highest BCUT2D eigenvalue weighted by Crippen LogP contribution is 2.01. The Morgan fingerprint density at radius 3 is 2.24 bits per heavy atom. The molecule has 0 saturated carbocycles. The van der Waals surface area contributed by atoms with Crippen molar-refractivity contribution >= 4 is 42.3 Å². The third-order valence-corrected chi connectivity index (χ3v) is 4.89. The molecule has 3 amide bonds. The number of aliphatic hydroxyl groups excluding tert-OH is 1. The second-order valence-corrected chi connectivity index (χ2v) is 7.59. The van der Waals surface area contributed by atoms with E-state index in [1.807, 2.05) is 0 Å². The zero-order chi connectivity index (χ0) is 25.7. The molecule has 1 heterocycles. The van der Waals surface area contributed by atoms with Gasteiger partial charge in [-0.3, -0.25) is 19.4 Å². The van der Waals surface area contributed by atoms with Crippen molar-refractivity contribution in [3.05, 3.63) is 18.2 Å². The first kappa shape index (κ1) is 28.7. The first-order valence-electron chi connectivity index (χ1n) is 10.2. The molecule has 0 radical (unpaired) electrons. The molecule has 12 N–H and O–H groups in total. The number of thiol groups is 1. The van der Waals surface area contributed by atoms with Crippen LogP contribution < -0.4 is 33.2 Å². The van der Waals surface area contributed by atoms with Gasteiger partial charge in [0, 0.05) is 30.6 Å². The molecule has 16 heteroatoms. The second kappa shape index (κ2) is 14.7. The van der Waals surface area contributed by atoms with Crippen molar-refractivity contribution in [2.45, 2.75) is 43.4 Å². The van der Waals surface area contributed by atoms with Crippen LogP contribution in [0.2, 0.25) is 0 Å². The summed E-state index contributed by atoms with van der Waals surface area (Å²) >= 11 is 4.02. The van der Waals surface area contributed by atoms with Crippen LogP contribution in [0.1, 0.15) is 18.5 Å². The molecule has 1 aromatic heterocycles. The van der Waals surface area contributed by atoms with Crippen molar-refractivity contribution in [3.63, 3.8) is 0 Å². The number of hydrogen-bond donors (Lipinski definition) is 10. The molecule has 4 atom stereocenters. The normalized spacial score (nSPS) is 14.2. The van der Waals surface area contributed by atoms with E-state index in [9.17, 15) is 29.4 Å². The number of imidazole rings is 1. The molecule has 0 spiro atoms. The lowest BCUT2D eigenvalue weighted by Crippen LogP contribution is -2.58. The van der Waals surface area contributed by atoms with E-state index in [4.69, 9.17) is 17.2 Å². The third kappa shape index (κ3) is 10.1. The van der Waals surface area contributed by atoms with E-state index < -0.39 is 54.5 Å². The second-order valence-electron chi connectivity index (χ2n) is 7.22. The Kier molecular flexibility index (Phi) is 12.4. The van der Waals surface area contributed by atoms with Gasteiger partial charge >= 0.3 is 5.97 Å². The first-order valence-corrected chi connectivity index (χ1v) is 10.9. The lowest BCUT2D eigenvalue weighted by Gasteiger charge is -2.23. The number of nitrogens with one attached hydrogen (secondary N) is 4. The zero-order valence-corrected chi connectivity index (χ0v) is 19.2. The number of nitrogens with zero attached hydrogens (tertiary/aromatic N) is 2. The van der Waals surface area contributed by atoms with Crippen molar-refractivity contribution in [1.29, 1.82) is 0 Å². The number of aliphatic hydroxyl groups is 1. The molecule has 0 aliphatic carbocycles. The summed E-state index contributed by atoms with van der Waals surface area (Å²) in [6.45, 7) is -0.500. The maximum Gasteiger partial charge on any atom is 0.326 e. The van der Waals surface area contributed by atoms with Crippen LogP contribution in [0.25, 0.3) is 0 Å². The van der Waals surface area contributed by atoms with Gasteiger partial charge in [0.25, 0.3) is 0 Å². The fraction of sp³-hybridized carbons (Fsp3) is 0.556. The number of nitrogens with two attached hydrogens (primary N) is 3. The van der Waals surface area contributed by atoms with Gasteiger partial charge in [0.1, 0.15) is 18.1 Å². The van der Waals surface area contributed by atoms with Gasteiger partial charge in [0.2, 0.25) is 17.7 Å². The summed E-state index contributed by atoms with van der Waals surface area (Å²) in [5, 5.41) is 25.8. The van der Waals surface area contributed by atoms with Crippen LogP contribution in [0.15, 0.2) is 17.5 Å². The van der Waals surface area contributed by atoms with E-state index in [0.29, 0.717) is 12.1 Å². The minimum Gasteiger partial charge on any atom is -0.480 e. The largest absolute Gasteiger partial charge is 0.480 e. The first-order chi connectivity index (χ1) is 16.1. The fourth-order valence-corrected chi connectivity index (χ4v) is 2.94. The van der Waals surface area contributed by atoms with Gasteiger partial charge in [-0.15, -0.1) is 0 Å². The van der Waals surface area contributed by atoms with E-state index in [2.05, 4.69) is 43.5 Å². The van der Waals surface area contributed by atoms with Gasteiger partial charge in [-0.25, -0.2) is 9.78 Å². The summed E-state index contributed by atoms with van der Waals surface area (Å²) in [5.41, 5.74) is 16.7. The highest BCUT2D eigenvalue weighted by molar-refractivity contribution is 7.80. The molecular weight excluding hydrogens is 470 g/mol. The average molecular weight is 502 g/mol. The number of carbonyl (C=O) groups is 4. The molecule has 15 nitrogen and oxygen atoms in total. The van der Waals surface area contributed by atoms with E-state index in [1.165, 1.54) is 12.5 Å². The lowest BCUT2D eigenvalue weighted by atomic mass is 10.1. The van der Waals surface area contributed by atoms with E-state index in [1.54, 1.807) is 0 Å². The monoisotopic (exact) mass is 501 g/mol. The summed E-state index contributed by atoms with van der Waals surface area (Å²) in [4.78, 5) is 59.0. The van der Waals surface area contributed by atoms with Crippen LogP contribution in [0.4, 0.5) is 0 Å². The number of amides is 3. The van der Waals surface area contributed by atoms with Crippen molar-refractivity contribution in [2.75, 3.05) is 18.9 Å². The fourth-order valence-electron chi connectivity index (χ4n) is 2.68. The number of aliphatic carboxylic acids is 1. The third-order valence-electron chi connectivity index (χ3n) is 4.53. The number of aromatic amines is 1. The van der Waals surface area contributed by atoms with Gasteiger partial charge < -0.3 is 48.3 Å². The van der Waals surface area contributed by atoms with Gasteiger partial charge in [-0.2, -0.15) is 12.6 Å². The molecule has 0 saturated heterocycles. The Morgan fingerprint density at radius 1 is 1.09 bits per heavy atom. The molecule has 0 aromatic carbocycles. The minimum absolute atomic E-state index is 0.0648. The van der Waals surface area contributed by atoms with Gasteiger partial charge in [-0.05, 0) is 12.8 Å². The van der Waals surface area contributed by atoms with Crippen LogP contribution in [-0.2, 0) is 25.6 Å². The lowest BCUT2D eigenvalue weighted by molar-refractivity contribution is -0.142. The molecule has 4 unspecified atom stereocenters. The standard InChI is InChI=1S/C18H31N9O6S/c19-10(2-1-3-23-18(20)21)14(29)26-12(6-28)15(30)27-13(7-34)16(31)25-11(17(32)33)4-9-5-22-8-24-9/h5,8,10-13,28,34H,1-4,6-7,19H2,(H,22,24)(H,25,31)(H,26,29)(H,27,30)(H,32,33)(H4,20,21,23). The molecule has 0 fully saturated rings. The number of carboxylic acid groups (broad SMARTS) is 1. The summed E-state index contributed by atoms with van der Waals surface area (Å²) in [5.74, 6) is -3.94. The van der Waals surface area contributed by atoms with E-state index in [-0.39, 0.29) is 31.1 Å². The number of carboxylic acids is 1.